The van der Waals surface area contributed by atoms with E-state index >= 15 is 0 Å². The molecule has 0 atom stereocenters. The van der Waals surface area contributed by atoms with Crippen LogP contribution in [0.1, 0.15) is 15.9 Å². The van der Waals surface area contributed by atoms with Crippen molar-refractivity contribution in [2.24, 2.45) is 0 Å². The number of anilines is 2. The number of carbonyl (C=O) groups is 1. The van der Waals surface area contributed by atoms with Gasteiger partial charge in [-0.3, -0.25) is 4.79 Å². The van der Waals surface area contributed by atoms with Crippen LogP contribution >= 0.6 is 11.6 Å². The zero-order valence-corrected chi connectivity index (χ0v) is 11.9. The average Bonchev–Trinajstić information content (AvgIpc) is 2.48. The van der Waals surface area contributed by atoms with E-state index in [1.165, 1.54) is 13.2 Å². The molecule has 1 amide bonds. The van der Waals surface area contributed by atoms with Crippen LogP contribution in [0.5, 0.6) is 5.75 Å². The van der Waals surface area contributed by atoms with E-state index in [0.29, 0.717) is 22.1 Å². The topological polar surface area (TPSA) is 88.1 Å². The molecule has 21 heavy (non-hydrogen) atoms. The molecule has 6 heteroatoms. The number of nitrogen functional groups attached to an aromatic ring is 1. The maximum absolute atomic E-state index is 12.3. The minimum Gasteiger partial charge on any atom is -0.496 e. The van der Waals surface area contributed by atoms with E-state index in [4.69, 9.17) is 27.3 Å². The Hall–Kier alpha value is -2.71. The molecule has 0 aliphatic carbocycles. The van der Waals surface area contributed by atoms with Crippen LogP contribution in [-0.4, -0.2) is 13.0 Å². The molecule has 2 aromatic carbocycles. The predicted octanol–water partition coefficient (Wildman–Crippen LogP) is 3.05. The monoisotopic (exact) mass is 301 g/mol. The SMILES string of the molecule is COc1cccc(N)c1C(=O)Nc1ccc(Cl)c(C#N)c1. The molecule has 0 aliphatic heterocycles. The molecule has 106 valence electrons. The number of carbonyl (C=O) groups excluding carboxylic acids is 1. The van der Waals surface area contributed by atoms with E-state index < -0.39 is 5.91 Å². The lowest BCUT2D eigenvalue weighted by atomic mass is 10.1. The molecule has 0 spiro atoms. The number of nitrogens with two attached hydrogens (primary N) is 1. The highest BCUT2D eigenvalue weighted by Gasteiger charge is 2.16. The van der Waals surface area contributed by atoms with Gasteiger partial charge in [0.15, 0.2) is 0 Å². The molecule has 0 aromatic heterocycles. The minimum absolute atomic E-state index is 0.244. The number of methoxy groups -OCH3 is 1. The van der Waals surface area contributed by atoms with Crippen LogP contribution in [0.15, 0.2) is 36.4 Å². The van der Waals surface area contributed by atoms with Crippen LogP contribution in [0.4, 0.5) is 11.4 Å². The molecule has 3 N–H and O–H groups in total. The maximum atomic E-state index is 12.3. The van der Waals surface area contributed by atoms with Gasteiger partial charge in [0.25, 0.3) is 5.91 Å². The van der Waals surface area contributed by atoms with Gasteiger partial charge < -0.3 is 15.8 Å². The third-order valence-corrected chi connectivity index (χ3v) is 3.18. The van der Waals surface area contributed by atoms with Gasteiger partial charge in [-0.2, -0.15) is 5.26 Å². The summed E-state index contributed by atoms with van der Waals surface area (Å²) in [7, 11) is 1.46. The van der Waals surface area contributed by atoms with Crippen molar-refractivity contribution in [3.05, 3.63) is 52.5 Å². The summed E-state index contributed by atoms with van der Waals surface area (Å²) < 4.78 is 5.13. The van der Waals surface area contributed by atoms with Gasteiger partial charge in [-0.15, -0.1) is 0 Å². The predicted molar refractivity (Wildman–Crippen MR) is 81.5 cm³/mol. The van der Waals surface area contributed by atoms with Crippen molar-refractivity contribution in [1.82, 2.24) is 0 Å². The van der Waals surface area contributed by atoms with Crippen LogP contribution in [0.25, 0.3) is 0 Å². The number of rotatable bonds is 3. The number of nitrogens with zero attached hydrogens (tertiary/aromatic N) is 1. The highest BCUT2D eigenvalue weighted by Crippen LogP contribution is 2.26. The molecule has 0 saturated heterocycles. The third kappa shape index (κ3) is 3.07. The maximum Gasteiger partial charge on any atom is 0.261 e. The van der Waals surface area contributed by atoms with Gasteiger partial charge in [0.2, 0.25) is 0 Å². The van der Waals surface area contributed by atoms with Crippen LogP contribution in [0, 0.1) is 11.3 Å². The van der Waals surface area contributed by atoms with Crippen molar-refractivity contribution in [3.63, 3.8) is 0 Å². The van der Waals surface area contributed by atoms with Gasteiger partial charge in [-0.25, -0.2) is 0 Å². The van der Waals surface area contributed by atoms with E-state index in [9.17, 15) is 4.79 Å². The normalized spacial score (nSPS) is 9.76. The fourth-order valence-electron chi connectivity index (χ4n) is 1.84. The fraction of sp³-hybridized carbons (Fsp3) is 0.0667. The molecular weight excluding hydrogens is 290 g/mol. The van der Waals surface area contributed by atoms with Crippen molar-refractivity contribution in [3.8, 4) is 11.8 Å². The molecule has 5 nitrogen and oxygen atoms in total. The summed E-state index contributed by atoms with van der Waals surface area (Å²) in [4.78, 5) is 12.3. The number of nitrogens with one attached hydrogen (secondary N) is 1. The Labute approximate surface area is 126 Å². The lowest BCUT2D eigenvalue weighted by molar-refractivity contribution is 0.102. The summed E-state index contributed by atoms with van der Waals surface area (Å²) >= 11 is 5.85. The summed E-state index contributed by atoms with van der Waals surface area (Å²) in [6.07, 6.45) is 0. The summed E-state index contributed by atoms with van der Waals surface area (Å²) in [5, 5.41) is 11.9. The van der Waals surface area contributed by atoms with E-state index in [-0.39, 0.29) is 11.1 Å². The first kappa shape index (κ1) is 14.7. The van der Waals surface area contributed by atoms with Gasteiger partial charge in [0, 0.05) is 11.4 Å². The average molecular weight is 302 g/mol. The lowest BCUT2D eigenvalue weighted by Crippen LogP contribution is -2.15. The van der Waals surface area contributed by atoms with Crippen LogP contribution in [-0.2, 0) is 0 Å². The Morgan fingerprint density at radius 1 is 1.38 bits per heavy atom. The summed E-state index contributed by atoms with van der Waals surface area (Å²) in [5.41, 5.74) is 7.10. The van der Waals surface area contributed by atoms with E-state index in [1.54, 1.807) is 30.3 Å². The molecule has 0 heterocycles. The van der Waals surface area contributed by atoms with Gasteiger partial charge >= 0.3 is 0 Å². The number of nitriles is 1. The van der Waals surface area contributed by atoms with Gasteiger partial charge in [0.1, 0.15) is 17.4 Å². The molecule has 0 radical (unpaired) electrons. The number of hydrogen-bond donors (Lipinski definition) is 2. The zero-order valence-electron chi connectivity index (χ0n) is 11.2. The largest absolute Gasteiger partial charge is 0.496 e. The van der Waals surface area contributed by atoms with Crippen molar-refractivity contribution in [2.75, 3.05) is 18.2 Å². The van der Waals surface area contributed by atoms with E-state index in [0.717, 1.165) is 0 Å². The first-order valence-electron chi connectivity index (χ1n) is 6.00. The standard InChI is InChI=1S/C15H12ClN3O2/c1-21-13-4-2-3-12(18)14(13)15(20)19-10-5-6-11(16)9(7-10)8-17/h2-7H,18H2,1H3,(H,19,20). The summed E-state index contributed by atoms with van der Waals surface area (Å²) in [6, 6.07) is 11.5. The Balaban J connectivity index is 2.33. The van der Waals surface area contributed by atoms with E-state index in [2.05, 4.69) is 5.32 Å². The lowest BCUT2D eigenvalue weighted by Gasteiger charge is -2.11. The van der Waals surface area contributed by atoms with Gasteiger partial charge in [-0.1, -0.05) is 17.7 Å². The van der Waals surface area contributed by atoms with E-state index in [1.807, 2.05) is 6.07 Å². The molecule has 0 unspecified atom stereocenters. The second-order valence-corrected chi connectivity index (χ2v) is 4.59. The van der Waals surface area contributed by atoms with Crippen LogP contribution < -0.4 is 15.8 Å². The highest BCUT2D eigenvalue weighted by atomic mass is 35.5. The molecular formula is C15H12ClN3O2. The fourth-order valence-corrected chi connectivity index (χ4v) is 2.00. The van der Waals surface area contributed by atoms with Crippen LogP contribution in [0.2, 0.25) is 5.02 Å². The van der Waals surface area contributed by atoms with Crippen LogP contribution in [0.3, 0.4) is 0 Å². The highest BCUT2D eigenvalue weighted by molar-refractivity contribution is 6.31. The number of amides is 1. The van der Waals surface area contributed by atoms with Gasteiger partial charge in [-0.05, 0) is 30.3 Å². The molecule has 2 aromatic rings. The first-order chi connectivity index (χ1) is 10.1. The molecule has 0 fully saturated rings. The third-order valence-electron chi connectivity index (χ3n) is 2.85. The first-order valence-corrected chi connectivity index (χ1v) is 6.38. The zero-order chi connectivity index (χ0) is 15.4. The molecule has 0 aliphatic rings. The molecule has 2 rings (SSSR count). The number of benzene rings is 2. The second-order valence-electron chi connectivity index (χ2n) is 4.19. The quantitative estimate of drug-likeness (QED) is 0.853. The molecule has 0 saturated carbocycles. The summed E-state index contributed by atoms with van der Waals surface area (Å²) in [6.45, 7) is 0. The van der Waals surface area contributed by atoms with Crippen molar-refractivity contribution < 1.29 is 9.53 Å². The summed E-state index contributed by atoms with van der Waals surface area (Å²) in [5.74, 6) is -0.0434. The minimum atomic E-state index is -0.420. The Morgan fingerprint density at radius 3 is 2.81 bits per heavy atom. The van der Waals surface area contributed by atoms with Gasteiger partial charge in [0.05, 0.1) is 17.7 Å². The smallest absolute Gasteiger partial charge is 0.261 e. The Bertz CT molecular complexity index is 738. The number of hydrogen-bond acceptors (Lipinski definition) is 4. The van der Waals surface area contributed by atoms with Crippen molar-refractivity contribution >= 4 is 28.9 Å². The van der Waals surface area contributed by atoms with Crippen molar-refractivity contribution in [1.29, 1.82) is 5.26 Å². The second kappa shape index (κ2) is 6.16. The Morgan fingerprint density at radius 2 is 2.14 bits per heavy atom. The number of ether oxygens (including phenoxy) is 1. The molecule has 0 bridgehead atoms. The Kier molecular flexibility index (Phi) is 4.31. The number of halogens is 1. The van der Waals surface area contributed by atoms with Crippen molar-refractivity contribution in [2.45, 2.75) is 0 Å².